The molecule has 0 spiro atoms. The highest BCUT2D eigenvalue weighted by Gasteiger charge is 2.33. The molecule has 1 aliphatic rings. The molecule has 0 aromatic carbocycles. The van der Waals surface area contributed by atoms with Gasteiger partial charge in [0.1, 0.15) is 5.60 Å². The molecule has 2 N–H and O–H groups in total. The number of imide groups is 1. The van der Waals surface area contributed by atoms with Crippen LogP contribution in [0.2, 0.25) is 0 Å². The van der Waals surface area contributed by atoms with Gasteiger partial charge in [0.25, 0.3) is 5.91 Å². The molecular formula is C13H21N3O3. The van der Waals surface area contributed by atoms with E-state index in [2.05, 4.69) is 0 Å². The maximum absolute atomic E-state index is 12.1. The maximum atomic E-state index is 12.1. The van der Waals surface area contributed by atoms with Crippen LogP contribution in [0.1, 0.15) is 20.8 Å². The van der Waals surface area contributed by atoms with Crippen LogP contribution < -0.4 is 5.73 Å². The molecular weight excluding hydrogens is 246 g/mol. The van der Waals surface area contributed by atoms with Crippen molar-refractivity contribution in [1.82, 2.24) is 9.80 Å². The first-order chi connectivity index (χ1) is 8.61. The summed E-state index contributed by atoms with van der Waals surface area (Å²) in [6, 6.07) is 0. The number of amides is 2. The van der Waals surface area contributed by atoms with Crippen molar-refractivity contribution in [1.29, 1.82) is 0 Å². The van der Waals surface area contributed by atoms with E-state index in [1.165, 1.54) is 0 Å². The van der Waals surface area contributed by atoms with Crippen LogP contribution in [-0.2, 0) is 9.53 Å². The monoisotopic (exact) mass is 267 g/mol. The molecule has 1 rings (SSSR count). The summed E-state index contributed by atoms with van der Waals surface area (Å²) in [6.45, 7) is 5.44. The number of rotatable bonds is 2. The molecule has 0 bridgehead atoms. The molecule has 0 aromatic heterocycles. The summed E-state index contributed by atoms with van der Waals surface area (Å²) in [5.74, 6) is -0.426. The third-order valence-electron chi connectivity index (χ3n) is 2.28. The molecule has 1 heterocycles. The number of hydrogen-bond donors (Lipinski definition) is 1. The van der Waals surface area contributed by atoms with E-state index in [4.69, 9.17) is 10.5 Å². The van der Waals surface area contributed by atoms with Gasteiger partial charge in [0.15, 0.2) is 0 Å². The first kappa shape index (κ1) is 15.1. The lowest BCUT2D eigenvalue weighted by Gasteiger charge is -2.23. The van der Waals surface area contributed by atoms with E-state index in [0.717, 1.165) is 4.90 Å². The normalized spacial score (nSPS) is 16.5. The second kappa shape index (κ2) is 5.34. The van der Waals surface area contributed by atoms with Gasteiger partial charge in [-0.05, 0) is 26.8 Å². The average molecular weight is 267 g/mol. The van der Waals surface area contributed by atoms with Crippen LogP contribution in [0.4, 0.5) is 4.79 Å². The third-order valence-corrected chi connectivity index (χ3v) is 2.28. The van der Waals surface area contributed by atoms with Crippen molar-refractivity contribution in [2.75, 3.05) is 20.6 Å². The highest BCUT2D eigenvalue weighted by molar-refractivity contribution is 6.07. The number of nitrogens with zero attached hydrogens (tertiary/aromatic N) is 2. The van der Waals surface area contributed by atoms with Crippen LogP contribution in [0.15, 0.2) is 23.5 Å². The fraction of sp³-hybridized carbons (Fsp3) is 0.538. The summed E-state index contributed by atoms with van der Waals surface area (Å²) in [5.41, 5.74) is 5.84. The van der Waals surface area contributed by atoms with Crippen LogP contribution in [0.5, 0.6) is 0 Å². The zero-order chi connectivity index (χ0) is 14.8. The largest absolute Gasteiger partial charge is 0.443 e. The predicted octanol–water partition coefficient (Wildman–Crippen LogP) is 1.05. The fourth-order valence-electron chi connectivity index (χ4n) is 1.56. The molecule has 0 atom stereocenters. The van der Waals surface area contributed by atoms with Crippen molar-refractivity contribution < 1.29 is 14.3 Å². The van der Waals surface area contributed by atoms with E-state index in [-0.39, 0.29) is 6.54 Å². The Morgan fingerprint density at radius 3 is 2.53 bits per heavy atom. The molecule has 0 unspecified atom stereocenters. The Morgan fingerprint density at radius 2 is 2.05 bits per heavy atom. The van der Waals surface area contributed by atoms with Crippen LogP contribution in [0.25, 0.3) is 0 Å². The minimum absolute atomic E-state index is 0.186. The smallest absolute Gasteiger partial charge is 0.417 e. The van der Waals surface area contributed by atoms with Crippen molar-refractivity contribution in [2.45, 2.75) is 26.4 Å². The summed E-state index contributed by atoms with van der Waals surface area (Å²) in [4.78, 5) is 26.7. The third kappa shape index (κ3) is 4.01. The molecule has 0 aliphatic carbocycles. The summed E-state index contributed by atoms with van der Waals surface area (Å²) in [6.07, 6.45) is 2.60. The average Bonchev–Trinajstić information content (AvgIpc) is 2.56. The lowest BCUT2D eigenvalue weighted by atomic mass is 10.2. The number of carbonyl (C=O) groups excluding carboxylic acids is 2. The van der Waals surface area contributed by atoms with Gasteiger partial charge in [0.05, 0.1) is 17.8 Å². The standard InChI is InChI=1S/C13H21N3O3/c1-13(2,3)19-12(18)16-7-6-9(11(16)17)10(14)8-15(4)5/h6,8H,7,14H2,1-5H3/b10-8+. The number of nitrogens with two attached hydrogens (primary N) is 1. The number of hydrogen-bond acceptors (Lipinski definition) is 5. The van der Waals surface area contributed by atoms with Gasteiger partial charge < -0.3 is 15.4 Å². The molecule has 6 nitrogen and oxygen atoms in total. The van der Waals surface area contributed by atoms with Crippen molar-refractivity contribution in [3.8, 4) is 0 Å². The zero-order valence-electron chi connectivity index (χ0n) is 12.1. The summed E-state index contributed by atoms with van der Waals surface area (Å²) >= 11 is 0. The molecule has 19 heavy (non-hydrogen) atoms. The summed E-state index contributed by atoms with van der Waals surface area (Å²) < 4.78 is 5.16. The molecule has 0 fully saturated rings. The zero-order valence-corrected chi connectivity index (χ0v) is 12.1. The van der Waals surface area contributed by atoms with Crippen molar-refractivity contribution in [2.24, 2.45) is 5.73 Å². The Bertz CT molecular complexity index is 445. The van der Waals surface area contributed by atoms with Crippen LogP contribution >= 0.6 is 0 Å². The minimum Gasteiger partial charge on any atom is -0.443 e. The van der Waals surface area contributed by atoms with Crippen molar-refractivity contribution in [3.63, 3.8) is 0 Å². The molecule has 6 heteroatoms. The summed E-state index contributed by atoms with van der Waals surface area (Å²) in [7, 11) is 3.61. The Labute approximate surface area is 113 Å². The van der Waals surface area contributed by atoms with Gasteiger partial charge in [-0.15, -0.1) is 0 Å². The molecule has 106 valence electrons. The molecule has 0 aromatic rings. The quantitative estimate of drug-likeness (QED) is 0.809. The lowest BCUT2D eigenvalue weighted by Crippen LogP contribution is -2.39. The van der Waals surface area contributed by atoms with Gasteiger partial charge in [0, 0.05) is 20.3 Å². The van der Waals surface area contributed by atoms with E-state index < -0.39 is 17.6 Å². The van der Waals surface area contributed by atoms with Crippen LogP contribution in [-0.4, -0.2) is 48.0 Å². The van der Waals surface area contributed by atoms with E-state index in [0.29, 0.717) is 11.3 Å². The Balaban J connectivity index is 2.77. The molecule has 0 saturated carbocycles. The number of ether oxygens (including phenoxy) is 1. The molecule has 0 radical (unpaired) electrons. The van der Waals surface area contributed by atoms with Crippen molar-refractivity contribution in [3.05, 3.63) is 23.5 Å². The Kier molecular flexibility index (Phi) is 4.24. The van der Waals surface area contributed by atoms with E-state index >= 15 is 0 Å². The summed E-state index contributed by atoms with van der Waals surface area (Å²) in [5, 5.41) is 0. The maximum Gasteiger partial charge on any atom is 0.417 e. The second-order valence-corrected chi connectivity index (χ2v) is 5.56. The van der Waals surface area contributed by atoms with Gasteiger partial charge in [-0.3, -0.25) is 4.79 Å². The Hall–Kier alpha value is -1.98. The highest BCUT2D eigenvalue weighted by Crippen LogP contribution is 2.19. The van der Waals surface area contributed by atoms with Gasteiger partial charge in [-0.2, -0.15) is 0 Å². The Morgan fingerprint density at radius 1 is 1.47 bits per heavy atom. The molecule has 0 saturated heterocycles. The van der Waals surface area contributed by atoms with Gasteiger partial charge in [-0.25, -0.2) is 9.69 Å². The SMILES string of the molecule is CN(C)/C=C(/N)C1=CCN(C(=O)OC(C)(C)C)C1=O. The van der Waals surface area contributed by atoms with Gasteiger partial charge >= 0.3 is 6.09 Å². The van der Waals surface area contributed by atoms with E-state index in [1.54, 1.807) is 52.0 Å². The highest BCUT2D eigenvalue weighted by atomic mass is 16.6. The van der Waals surface area contributed by atoms with Crippen LogP contribution in [0, 0.1) is 0 Å². The first-order valence-corrected chi connectivity index (χ1v) is 6.01. The topological polar surface area (TPSA) is 75.9 Å². The van der Waals surface area contributed by atoms with Gasteiger partial charge in [0.2, 0.25) is 0 Å². The fourth-order valence-corrected chi connectivity index (χ4v) is 1.56. The second-order valence-electron chi connectivity index (χ2n) is 5.56. The van der Waals surface area contributed by atoms with Crippen LogP contribution in [0.3, 0.4) is 0 Å². The predicted molar refractivity (Wildman–Crippen MR) is 72.0 cm³/mol. The number of carbonyl (C=O) groups is 2. The van der Waals surface area contributed by atoms with Crippen molar-refractivity contribution >= 4 is 12.0 Å². The van der Waals surface area contributed by atoms with E-state index in [1.807, 2.05) is 0 Å². The lowest BCUT2D eigenvalue weighted by molar-refractivity contribution is -0.124. The first-order valence-electron chi connectivity index (χ1n) is 6.01. The van der Waals surface area contributed by atoms with E-state index in [9.17, 15) is 9.59 Å². The molecule has 2 amide bonds. The molecule has 1 aliphatic heterocycles. The van der Waals surface area contributed by atoms with Gasteiger partial charge in [-0.1, -0.05) is 0 Å². The minimum atomic E-state index is -0.651.